The Balaban J connectivity index is 1.76. The third-order valence-corrected chi connectivity index (χ3v) is 4.85. The summed E-state index contributed by atoms with van der Waals surface area (Å²) < 4.78 is 0. The summed E-state index contributed by atoms with van der Waals surface area (Å²) in [5, 5.41) is 29.6. The molecule has 4 rings (SSSR count). The van der Waals surface area contributed by atoms with Crippen molar-refractivity contribution in [3.8, 4) is 11.4 Å². The molecule has 2 N–H and O–H groups in total. The highest BCUT2D eigenvalue weighted by atomic mass is 35.5. The van der Waals surface area contributed by atoms with E-state index >= 15 is 0 Å². The summed E-state index contributed by atoms with van der Waals surface area (Å²) in [4.78, 5) is 13.7. The highest BCUT2D eigenvalue weighted by molar-refractivity contribution is 6.31. The topological polar surface area (TPSA) is 88.2 Å². The van der Waals surface area contributed by atoms with Crippen molar-refractivity contribution < 1.29 is 15.0 Å². The second kappa shape index (κ2) is 8.49. The Bertz CT molecular complexity index is 1250. The zero-order valence-electron chi connectivity index (χ0n) is 15.9. The van der Waals surface area contributed by atoms with Gasteiger partial charge in [0.1, 0.15) is 22.5 Å². The highest BCUT2D eigenvalue weighted by Gasteiger charge is 2.14. The second-order valence-electron chi connectivity index (χ2n) is 6.71. The van der Waals surface area contributed by atoms with Crippen LogP contribution in [0.2, 0.25) is 5.02 Å². The van der Waals surface area contributed by atoms with Crippen LogP contribution < -0.4 is 0 Å². The van der Waals surface area contributed by atoms with Crippen LogP contribution >= 0.6 is 11.6 Å². The number of aromatic nitrogens is 3. The number of nitrogens with zero attached hydrogens (tertiary/aromatic N) is 3. The first-order chi connectivity index (χ1) is 14.5. The number of hydrogen-bond acceptors (Lipinski definition) is 5. The van der Waals surface area contributed by atoms with E-state index in [1.54, 1.807) is 60.7 Å². The third-order valence-electron chi connectivity index (χ3n) is 4.61. The molecule has 0 unspecified atom stereocenters. The standard InChI is InChI=1S/C23H18ClN3O3/c24-18-7-8-19-20(14-18)26-27(25-19)21-13-15(10-11-28)12-17(23(21)30)6-9-22(29)16-4-2-1-3-5-16/h1-9,12-14,28,30H,10-11H2/b9-6-. The van der Waals surface area contributed by atoms with Gasteiger partial charge in [-0.15, -0.1) is 15.0 Å². The van der Waals surface area contributed by atoms with Gasteiger partial charge in [-0.05, 0) is 54.5 Å². The number of hydrogen-bond donors (Lipinski definition) is 2. The maximum Gasteiger partial charge on any atom is 0.185 e. The van der Waals surface area contributed by atoms with E-state index in [0.717, 1.165) is 5.56 Å². The van der Waals surface area contributed by atoms with Gasteiger partial charge < -0.3 is 10.2 Å². The fraction of sp³-hybridized carbons (Fsp3) is 0.0870. The van der Waals surface area contributed by atoms with Gasteiger partial charge in [0.15, 0.2) is 5.78 Å². The first-order valence-electron chi connectivity index (χ1n) is 9.32. The first kappa shape index (κ1) is 19.8. The Morgan fingerprint density at radius 3 is 2.57 bits per heavy atom. The van der Waals surface area contributed by atoms with Gasteiger partial charge in [-0.2, -0.15) is 0 Å². The number of halogens is 1. The summed E-state index contributed by atoms with van der Waals surface area (Å²) in [7, 11) is 0. The molecular weight excluding hydrogens is 402 g/mol. The monoisotopic (exact) mass is 419 g/mol. The van der Waals surface area contributed by atoms with E-state index in [1.807, 2.05) is 6.07 Å². The molecule has 0 atom stereocenters. The number of aliphatic hydroxyl groups is 1. The summed E-state index contributed by atoms with van der Waals surface area (Å²) in [6.07, 6.45) is 3.34. The minimum Gasteiger partial charge on any atom is -0.505 e. The molecule has 0 saturated carbocycles. The van der Waals surface area contributed by atoms with Crippen molar-refractivity contribution >= 4 is 34.5 Å². The molecule has 0 aliphatic carbocycles. The number of phenolic OH excluding ortho intramolecular Hbond substituents is 1. The van der Waals surface area contributed by atoms with Crippen LogP contribution in [-0.4, -0.2) is 37.6 Å². The Hall–Kier alpha value is -3.48. The lowest BCUT2D eigenvalue weighted by Gasteiger charge is -2.10. The minimum absolute atomic E-state index is 0.0551. The van der Waals surface area contributed by atoms with Crippen molar-refractivity contribution in [2.24, 2.45) is 0 Å². The molecule has 0 bridgehead atoms. The molecule has 0 fully saturated rings. The number of carbonyl (C=O) groups is 1. The lowest BCUT2D eigenvalue weighted by molar-refractivity contribution is 0.104. The molecule has 0 saturated heterocycles. The number of phenols is 1. The zero-order chi connectivity index (χ0) is 21.1. The highest BCUT2D eigenvalue weighted by Crippen LogP contribution is 2.30. The van der Waals surface area contributed by atoms with Gasteiger partial charge in [-0.25, -0.2) is 0 Å². The summed E-state index contributed by atoms with van der Waals surface area (Å²) in [6, 6.07) is 17.5. The van der Waals surface area contributed by atoms with E-state index in [9.17, 15) is 15.0 Å². The molecule has 4 aromatic rings. The molecule has 0 aliphatic rings. The molecule has 0 amide bonds. The van der Waals surface area contributed by atoms with Crippen LogP contribution in [0.1, 0.15) is 21.5 Å². The minimum atomic E-state index is -0.179. The smallest absolute Gasteiger partial charge is 0.185 e. The lowest BCUT2D eigenvalue weighted by Crippen LogP contribution is -2.03. The molecule has 1 aromatic heterocycles. The number of carbonyl (C=O) groups excluding carboxylic acids is 1. The predicted molar refractivity (Wildman–Crippen MR) is 116 cm³/mol. The maximum atomic E-state index is 12.4. The summed E-state index contributed by atoms with van der Waals surface area (Å²) >= 11 is 6.02. The number of allylic oxidation sites excluding steroid dienone is 1. The SMILES string of the molecule is O=C(/C=C\c1cc(CCO)cc(-n2nc3ccc(Cl)cc3n2)c1O)c1ccccc1. The molecule has 1 heterocycles. The van der Waals surface area contributed by atoms with E-state index in [4.69, 9.17) is 11.6 Å². The summed E-state index contributed by atoms with van der Waals surface area (Å²) in [5.41, 5.74) is 3.32. The van der Waals surface area contributed by atoms with E-state index < -0.39 is 0 Å². The van der Waals surface area contributed by atoms with Gasteiger partial charge in [0.2, 0.25) is 0 Å². The van der Waals surface area contributed by atoms with Crippen molar-refractivity contribution in [3.63, 3.8) is 0 Å². The first-order valence-corrected chi connectivity index (χ1v) is 9.70. The van der Waals surface area contributed by atoms with Crippen molar-refractivity contribution in [1.29, 1.82) is 0 Å². The maximum absolute atomic E-state index is 12.4. The van der Waals surface area contributed by atoms with E-state index in [0.29, 0.717) is 39.3 Å². The van der Waals surface area contributed by atoms with Crippen molar-refractivity contribution in [3.05, 3.63) is 88.5 Å². The lowest BCUT2D eigenvalue weighted by atomic mass is 10.0. The van der Waals surface area contributed by atoms with Gasteiger partial charge in [0, 0.05) is 22.8 Å². The number of rotatable bonds is 6. The molecular formula is C23H18ClN3O3. The van der Waals surface area contributed by atoms with Crippen molar-refractivity contribution in [2.75, 3.05) is 6.61 Å². The summed E-state index contributed by atoms with van der Waals surface area (Å²) in [5.74, 6) is -0.248. The Morgan fingerprint density at radius 2 is 1.80 bits per heavy atom. The molecule has 150 valence electrons. The Morgan fingerprint density at radius 1 is 1.03 bits per heavy atom. The van der Waals surface area contributed by atoms with Crippen molar-refractivity contribution in [2.45, 2.75) is 6.42 Å². The molecule has 6 nitrogen and oxygen atoms in total. The largest absolute Gasteiger partial charge is 0.505 e. The zero-order valence-corrected chi connectivity index (χ0v) is 16.6. The van der Waals surface area contributed by atoms with Crippen LogP contribution in [0.5, 0.6) is 5.75 Å². The van der Waals surface area contributed by atoms with Crippen LogP contribution in [0, 0.1) is 0 Å². The van der Waals surface area contributed by atoms with Crippen LogP contribution in [0.25, 0.3) is 22.8 Å². The quantitative estimate of drug-likeness (QED) is 0.361. The van der Waals surface area contributed by atoms with E-state index in [1.165, 1.54) is 10.9 Å². The predicted octanol–water partition coefficient (Wildman–Crippen LogP) is 4.21. The molecule has 30 heavy (non-hydrogen) atoms. The Kier molecular flexibility index (Phi) is 5.61. The fourth-order valence-electron chi connectivity index (χ4n) is 3.11. The molecule has 0 radical (unpaired) electrons. The Labute approximate surface area is 177 Å². The van der Waals surface area contributed by atoms with Crippen molar-refractivity contribution in [1.82, 2.24) is 15.0 Å². The second-order valence-corrected chi connectivity index (χ2v) is 7.15. The van der Waals surface area contributed by atoms with Crippen LogP contribution in [0.4, 0.5) is 0 Å². The van der Waals surface area contributed by atoms with E-state index in [2.05, 4.69) is 10.2 Å². The van der Waals surface area contributed by atoms with Gasteiger partial charge in [0.05, 0.1) is 0 Å². The molecule has 0 aliphatic heterocycles. The summed E-state index contributed by atoms with van der Waals surface area (Å²) in [6.45, 7) is -0.0551. The van der Waals surface area contributed by atoms with Crippen LogP contribution in [-0.2, 0) is 6.42 Å². The molecule has 3 aromatic carbocycles. The van der Waals surface area contributed by atoms with Gasteiger partial charge in [-0.1, -0.05) is 41.9 Å². The average Bonchev–Trinajstić information content (AvgIpc) is 3.17. The number of ketones is 1. The van der Waals surface area contributed by atoms with Gasteiger partial charge in [0.25, 0.3) is 0 Å². The fourth-order valence-corrected chi connectivity index (χ4v) is 3.28. The number of benzene rings is 3. The average molecular weight is 420 g/mol. The number of aromatic hydroxyl groups is 1. The molecule has 7 heteroatoms. The number of aliphatic hydroxyl groups excluding tert-OH is 1. The normalized spacial score (nSPS) is 11.4. The van der Waals surface area contributed by atoms with Gasteiger partial charge in [-0.3, -0.25) is 4.79 Å². The van der Waals surface area contributed by atoms with E-state index in [-0.39, 0.29) is 18.1 Å². The van der Waals surface area contributed by atoms with Gasteiger partial charge >= 0.3 is 0 Å². The van der Waals surface area contributed by atoms with Crippen LogP contribution in [0.15, 0.2) is 66.7 Å². The number of fused-ring (bicyclic) bond motifs is 1. The molecule has 0 spiro atoms. The van der Waals surface area contributed by atoms with Crippen LogP contribution in [0.3, 0.4) is 0 Å². The third kappa shape index (κ3) is 4.10.